The average Bonchev–Trinajstić information content (AvgIpc) is 2.98. The first-order chi connectivity index (χ1) is 14.0. The van der Waals surface area contributed by atoms with Gasteiger partial charge in [0.15, 0.2) is 0 Å². The molecule has 1 aliphatic rings. The van der Waals surface area contributed by atoms with Crippen molar-refractivity contribution in [2.75, 3.05) is 19.0 Å². The van der Waals surface area contributed by atoms with E-state index < -0.39 is 12.1 Å². The molecule has 1 atom stereocenters. The number of halogens is 1. The van der Waals surface area contributed by atoms with Crippen LogP contribution in [0.1, 0.15) is 18.4 Å². The van der Waals surface area contributed by atoms with Gasteiger partial charge in [-0.25, -0.2) is 14.2 Å². The number of benzene rings is 1. The van der Waals surface area contributed by atoms with Crippen molar-refractivity contribution in [3.05, 3.63) is 54.0 Å². The van der Waals surface area contributed by atoms with Crippen LogP contribution in [0.5, 0.6) is 5.88 Å². The van der Waals surface area contributed by atoms with Gasteiger partial charge in [0.2, 0.25) is 11.8 Å². The lowest BCUT2D eigenvalue weighted by atomic mass is 10.1. The van der Waals surface area contributed by atoms with E-state index in [2.05, 4.69) is 15.6 Å². The minimum Gasteiger partial charge on any atom is -0.481 e. The first-order valence-corrected chi connectivity index (χ1v) is 9.12. The highest BCUT2D eigenvalue weighted by Gasteiger charge is 2.37. The van der Waals surface area contributed by atoms with E-state index in [-0.39, 0.29) is 37.0 Å². The molecule has 1 saturated heterocycles. The molecule has 4 amide bonds. The van der Waals surface area contributed by atoms with Crippen molar-refractivity contribution >= 4 is 23.5 Å². The summed E-state index contributed by atoms with van der Waals surface area (Å²) in [5, 5.41) is 5.27. The van der Waals surface area contributed by atoms with E-state index in [1.807, 2.05) is 0 Å². The van der Waals surface area contributed by atoms with Crippen molar-refractivity contribution in [3.8, 4) is 5.88 Å². The Balaban J connectivity index is 1.48. The number of rotatable bonds is 8. The summed E-state index contributed by atoms with van der Waals surface area (Å²) in [4.78, 5) is 41.7. The Bertz CT molecular complexity index is 904. The smallest absolute Gasteiger partial charge is 0.324 e. The second-order valence-electron chi connectivity index (χ2n) is 6.55. The number of urea groups is 1. The molecule has 2 N–H and O–H groups in total. The number of amides is 4. The Kier molecular flexibility index (Phi) is 6.38. The van der Waals surface area contributed by atoms with E-state index in [9.17, 15) is 18.8 Å². The minimum atomic E-state index is -0.755. The monoisotopic (exact) mass is 400 g/mol. The number of aromatic nitrogens is 1. The summed E-state index contributed by atoms with van der Waals surface area (Å²) in [6.45, 7) is 0.147. The number of nitrogens with one attached hydrogen (secondary N) is 2. The van der Waals surface area contributed by atoms with Crippen LogP contribution in [0, 0.1) is 5.82 Å². The molecular weight excluding hydrogens is 379 g/mol. The number of anilines is 1. The standard InChI is InChI=1S/C20H21FN4O4/c1-29-18-8-5-15(12-22-18)23-17(26)7-6-16-19(27)25(20(28)24-16)10-9-13-3-2-4-14(21)11-13/h2-5,8,11-12,16H,6-7,9-10H2,1H3,(H,23,26)(H,24,28)/t16-/m0/s1. The summed E-state index contributed by atoms with van der Waals surface area (Å²) >= 11 is 0. The van der Waals surface area contributed by atoms with Crippen LogP contribution in [-0.4, -0.2) is 47.4 Å². The number of pyridine rings is 1. The molecular formula is C20H21FN4O4. The molecule has 8 nitrogen and oxygen atoms in total. The fourth-order valence-corrected chi connectivity index (χ4v) is 2.99. The highest BCUT2D eigenvalue weighted by atomic mass is 19.1. The topological polar surface area (TPSA) is 101 Å². The lowest BCUT2D eigenvalue weighted by Gasteiger charge is -2.13. The van der Waals surface area contributed by atoms with E-state index in [0.29, 0.717) is 23.6 Å². The summed E-state index contributed by atoms with van der Waals surface area (Å²) in [5.41, 5.74) is 1.20. The zero-order valence-electron chi connectivity index (χ0n) is 15.9. The molecule has 0 radical (unpaired) electrons. The fourth-order valence-electron chi connectivity index (χ4n) is 2.99. The van der Waals surface area contributed by atoms with Crippen LogP contribution in [0.3, 0.4) is 0 Å². The molecule has 1 aromatic heterocycles. The highest BCUT2D eigenvalue weighted by Crippen LogP contribution is 2.15. The van der Waals surface area contributed by atoms with Crippen LogP contribution in [0.25, 0.3) is 0 Å². The summed E-state index contributed by atoms with van der Waals surface area (Å²) in [7, 11) is 1.49. The van der Waals surface area contributed by atoms with Gasteiger partial charge in [-0.2, -0.15) is 0 Å². The molecule has 2 heterocycles. The molecule has 0 saturated carbocycles. The van der Waals surface area contributed by atoms with Crippen molar-refractivity contribution < 1.29 is 23.5 Å². The maximum Gasteiger partial charge on any atom is 0.324 e. The number of imide groups is 1. The molecule has 9 heteroatoms. The van der Waals surface area contributed by atoms with Crippen LogP contribution >= 0.6 is 0 Å². The Morgan fingerprint density at radius 1 is 1.31 bits per heavy atom. The number of carbonyl (C=O) groups excluding carboxylic acids is 3. The third-order valence-corrected chi connectivity index (χ3v) is 4.51. The van der Waals surface area contributed by atoms with E-state index in [0.717, 1.165) is 4.90 Å². The third kappa shape index (κ3) is 5.28. The van der Waals surface area contributed by atoms with Gasteiger partial charge >= 0.3 is 6.03 Å². The van der Waals surface area contributed by atoms with Crippen LogP contribution < -0.4 is 15.4 Å². The first kappa shape index (κ1) is 20.2. The molecule has 152 valence electrons. The Morgan fingerprint density at radius 2 is 2.14 bits per heavy atom. The van der Waals surface area contributed by atoms with Gasteiger partial charge in [-0.05, 0) is 36.6 Å². The maximum atomic E-state index is 13.2. The third-order valence-electron chi connectivity index (χ3n) is 4.51. The van der Waals surface area contributed by atoms with Crippen molar-refractivity contribution in [1.29, 1.82) is 0 Å². The molecule has 1 fully saturated rings. The highest BCUT2D eigenvalue weighted by molar-refractivity contribution is 6.04. The van der Waals surface area contributed by atoms with Crippen molar-refractivity contribution in [3.63, 3.8) is 0 Å². The minimum absolute atomic E-state index is 0.0560. The van der Waals surface area contributed by atoms with Gasteiger partial charge in [0.05, 0.1) is 19.0 Å². The SMILES string of the molecule is COc1ccc(NC(=O)CC[C@@H]2NC(=O)N(CCc3cccc(F)c3)C2=O)cn1. The van der Waals surface area contributed by atoms with Crippen molar-refractivity contribution in [1.82, 2.24) is 15.2 Å². The lowest BCUT2D eigenvalue weighted by molar-refractivity contribution is -0.127. The number of hydrogen-bond donors (Lipinski definition) is 2. The van der Waals surface area contributed by atoms with Gasteiger partial charge in [-0.15, -0.1) is 0 Å². The second-order valence-corrected chi connectivity index (χ2v) is 6.55. The number of hydrogen-bond acceptors (Lipinski definition) is 5. The molecule has 1 aromatic carbocycles. The van der Waals surface area contributed by atoms with E-state index in [4.69, 9.17) is 4.74 Å². The first-order valence-electron chi connectivity index (χ1n) is 9.12. The van der Waals surface area contributed by atoms with Gasteiger partial charge in [-0.1, -0.05) is 12.1 Å². The summed E-state index contributed by atoms with van der Waals surface area (Å²) < 4.78 is 18.2. The summed E-state index contributed by atoms with van der Waals surface area (Å²) in [5.74, 6) is -0.612. The molecule has 29 heavy (non-hydrogen) atoms. The Labute approximate surface area is 167 Å². The van der Waals surface area contributed by atoms with Crippen LogP contribution in [0.2, 0.25) is 0 Å². The maximum absolute atomic E-state index is 13.2. The fraction of sp³-hybridized carbons (Fsp3) is 0.300. The van der Waals surface area contributed by atoms with E-state index in [1.165, 1.54) is 25.4 Å². The van der Waals surface area contributed by atoms with Gasteiger partial charge in [0.25, 0.3) is 5.91 Å². The summed E-state index contributed by atoms with van der Waals surface area (Å²) in [6.07, 6.45) is 2.05. The quantitative estimate of drug-likeness (QED) is 0.661. The lowest BCUT2D eigenvalue weighted by Crippen LogP contribution is -2.33. The van der Waals surface area contributed by atoms with Gasteiger partial charge in [-0.3, -0.25) is 14.5 Å². The Hall–Kier alpha value is -3.49. The average molecular weight is 400 g/mol. The number of ether oxygens (including phenoxy) is 1. The summed E-state index contributed by atoms with van der Waals surface area (Å²) in [6, 6.07) is 8.03. The van der Waals surface area contributed by atoms with Crippen LogP contribution in [0.4, 0.5) is 14.9 Å². The Morgan fingerprint density at radius 3 is 2.83 bits per heavy atom. The number of nitrogens with zero attached hydrogens (tertiary/aromatic N) is 2. The predicted molar refractivity (Wildman–Crippen MR) is 103 cm³/mol. The van der Waals surface area contributed by atoms with Gasteiger partial charge in [0.1, 0.15) is 11.9 Å². The normalized spacial score (nSPS) is 15.9. The number of carbonyl (C=O) groups is 3. The van der Waals surface area contributed by atoms with Gasteiger partial charge in [0, 0.05) is 19.0 Å². The zero-order valence-corrected chi connectivity index (χ0v) is 15.9. The number of methoxy groups -OCH3 is 1. The molecule has 0 spiro atoms. The molecule has 3 rings (SSSR count). The largest absolute Gasteiger partial charge is 0.481 e. The zero-order chi connectivity index (χ0) is 20.8. The van der Waals surface area contributed by atoms with E-state index >= 15 is 0 Å². The van der Waals surface area contributed by atoms with E-state index in [1.54, 1.807) is 24.3 Å². The molecule has 0 bridgehead atoms. The second kappa shape index (κ2) is 9.13. The van der Waals surface area contributed by atoms with Crippen LogP contribution in [0.15, 0.2) is 42.6 Å². The molecule has 0 aliphatic carbocycles. The molecule has 1 aliphatic heterocycles. The molecule has 0 unspecified atom stereocenters. The van der Waals surface area contributed by atoms with Crippen molar-refractivity contribution in [2.24, 2.45) is 0 Å². The van der Waals surface area contributed by atoms with Crippen molar-refractivity contribution in [2.45, 2.75) is 25.3 Å². The van der Waals surface area contributed by atoms with Gasteiger partial charge < -0.3 is 15.4 Å². The predicted octanol–water partition coefficient (Wildman–Crippen LogP) is 2.11. The van der Waals surface area contributed by atoms with Crippen LogP contribution in [-0.2, 0) is 16.0 Å². The molecule has 2 aromatic rings.